The number of rotatable bonds is 3. The fraction of sp³-hybridized carbons (Fsp3) is 0.533. The van der Waals surface area contributed by atoms with Gasteiger partial charge in [-0.05, 0) is 25.1 Å². The van der Waals surface area contributed by atoms with E-state index in [1.54, 1.807) is 6.92 Å². The third-order valence-corrected chi connectivity index (χ3v) is 3.64. The Morgan fingerprint density at radius 2 is 2.00 bits per heavy atom. The lowest BCUT2D eigenvalue weighted by Crippen LogP contribution is -2.34. The molecule has 0 bridgehead atoms. The van der Waals surface area contributed by atoms with Crippen molar-refractivity contribution in [2.24, 2.45) is 0 Å². The molecular formula is C15H23N3O. The van der Waals surface area contributed by atoms with Crippen LogP contribution in [0.25, 0.3) is 0 Å². The van der Waals surface area contributed by atoms with E-state index in [4.69, 9.17) is 0 Å². The SMILES string of the molecule is CNCc1ccccc1N1CCCN(C(C)=O)CC1. The normalized spacial score (nSPS) is 16.3. The minimum absolute atomic E-state index is 0.186. The minimum atomic E-state index is 0.186. The largest absolute Gasteiger partial charge is 0.369 e. The van der Waals surface area contributed by atoms with Gasteiger partial charge in [-0.25, -0.2) is 0 Å². The average Bonchev–Trinajstić information content (AvgIpc) is 2.65. The van der Waals surface area contributed by atoms with Crippen molar-refractivity contribution >= 4 is 11.6 Å². The van der Waals surface area contributed by atoms with Crippen LogP contribution in [0.1, 0.15) is 18.9 Å². The highest BCUT2D eigenvalue weighted by atomic mass is 16.2. The van der Waals surface area contributed by atoms with Gasteiger partial charge in [-0.3, -0.25) is 4.79 Å². The fourth-order valence-electron chi connectivity index (χ4n) is 2.63. The second-order valence-electron chi connectivity index (χ2n) is 5.01. The van der Waals surface area contributed by atoms with Crippen LogP contribution in [0.2, 0.25) is 0 Å². The van der Waals surface area contributed by atoms with E-state index in [0.717, 1.165) is 39.1 Å². The van der Waals surface area contributed by atoms with Crippen LogP contribution in [-0.2, 0) is 11.3 Å². The van der Waals surface area contributed by atoms with Gasteiger partial charge in [0.1, 0.15) is 0 Å². The lowest BCUT2D eigenvalue weighted by atomic mass is 10.1. The molecule has 1 fully saturated rings. The standard InChI is InChI=1S/C15H23N3O/c1-13(19)17-8-5-9-18(11-10-17)15-7-4-3-6-14(15)12-16-2/h3-4,6-7,16H,5,8-12H2,1-2H3. The van der Waals surface area contributed by atoms with E-state index in [9.17, 15) is 4.79 Å². The summed E-state index contributed by atoms with van der Waals surface area (Å²) in [7, 11) is 1.97. The first-order chi connectivity index (χ1) is 9.22. The smallest absolute Gasteiger partial charge is 0.219 e. The maximum absolute atomic E-state index is 11.5. The minimum Gasteiger partial charge on any atom is -0.369 e. The Bertz CT molecular complexity index is 433. The summed E-state index contributed by atoms with van der Waals surface area (Å²) in [6, 6.07) is 8.51. The van der Waals surface area contributed by atoms with Crippen LogP contribution in [0.3, 0.4) is 0 Å². The summed E-state index contributed by atoms with van der Waals surface area (Å²) in [6.07, 6.45) is 1.04. The van der Waals surface area contributed by atoms with E-state index in [1.165, 1.54) is 11.3 Å². The van der Waals surface area contributed by atoms with Crippen LogP contribution in [0.4, 0.5) is 5.69 Å². The lowest BCUT2D eigenvalue weighted by Gasteiger charge is -2.25. The van der Waals surface area contributed by atoms with Gasteiger partial charge in [-0.15, -0.1) is 0 Å². The van der Waals surface area contributed by atoms with Gasteiger partial charge in [0.05, 0.1) is 0 Å². The highest BCUT2D eigenvalue weighted by Crippen LogP contribution is 2.21. The molecule has 1 saturated heterocycles. The third kappa shape index (κ3) is 3.47. The lowest BCUT2D eigenvalue weighted by molar-refractivity contribution is -0.128. The summed E-state index contributed by atoms with van der Waals surface area (Å²) in [5, 5.41) is 3.21. The zero-order valence-corrected chi connectivity index (χ0v) is 11.9. The maximum atomic E-state index is 11.5. The van der Waals surface area contributed by atoms with Gasteiger partial charge >= 0.3 is 0 Å². The predicted octanol–water partition coefficient (Wildman–Crippen LogP) is 1.46. The Labute approximate surface area is 115 Å². The molecule has 0 aliphatic carbocycles. The van der Waals surface area contributed by atoms with Crippen LogP contribution in [0.5, 0.6) is 0 Å². The van der Waals surface area contributed by atoms with Crippen LogP contribution in [0.15, 0.2) is 24.3 Å². The van der Waals surface area contributed by atoms with Crippen molar-refractivity contribution < 1.29 is 4.79 Å². The van der Waals surface area contributed by atoms with E-state index in [0.29, 0.717) is 0 Å². The van der Waals surface area contributed by atoms with Gasteiger partial charge < -0.3 is 15.1 Å². The maximum Gasteiger partial charge on any atom is 0.219 e. The Morgan fingerprint density at radius 1 is 1.21 bits per heavy atom. The molecule has 0 saturated carbocycles. The molecule has 1 aromatic carbocycles. The Kier molecular flexibility index (Phi) is 4.80. The molecule has 0 spiro atoms. The summed E-state index contributed by atoms with van der Waals surface area (Å²) in [4.78, 5) is 15.8. The van der Waals surface area contributed by atoms with E-state index >= 15 is 0 Å². The Balaban J connectivity index is 2.11. The van der Waals surface area contributed by atoms with Gasteiger partial charge in [0.2, 0.25) is 5.91 Å². The second-order valence-corrected chi connectivity index (χ2v) is 5.01. The van der Waals surface area contributed by atoms with Gasteiger partial charge in [0, 0.05) is 45.3 Å². The van der Waals surface area contributed by atoms with Crippen molar-refractivity contribution in [3.05, 3.63) is 29.8 Å². The molecule has 0 radical (unpaired) electrons. The number of carbonyl (C=O) groups excluding carboxylic acids is 1. The summed E-state index contributed by atoms with van der Waals surface area (Å²) in [6.45, 7) is 6.17. The third-order valence-electron chi connectivity index (χ3n) is 3.64. The molecule has 1 amide bonds. The molecule has 1 heterocycles. The number of hydrogen-bond acceptors (Lipinski definition) is 3. The van der Waals surface area contributed by atoms with Crippen molar-refractivity contribution in [1.82, 2.24) is 10.2 Å². The number of benzene rings is 1. The molecular weight excluding hydrogens is 238 g/mol. The summed E-state index contributed by atoms with van der Waals surface area (Å²) in [5.41, 5.74) is 2.61. The average molecular weight is 261 g/mol. The number of carbonyl (C=O) groups is 1. The summed E-state index contributed by atoms with van der Waals surface area (Å²) >= 11 is 0. The number of hydrogen-bond donors (Lipinski definition) is 1. The molecule has 19 heavy (non-hydrogen) atoms. The van der Waals surface area contributed by atoms with Crippen LogP contribution in [0, 0.1) is 0 Å². The molecule has 0 atom stereocenters. The molecule has 104 valence electrons. The second kappa shape index (κ2) is 6.57. The highest BCUT2D eigenvalue weighted by molar-refractivity contribution is 5.73. The van der Waals surface area contributed by atoms with E-state index in [1.807, 2.05) is 11.9 Å². The fourth-order valence-corrected chi connectivity index (χ4v) is 2.63. The van der Waals surface area contributed by atoms with E-state index < -0.39 is 0 Å². The molecule has 0 unspecified atom stereocenters. The van der Waals surface area contributed by atoms with Gasteiger partial charge in [0.25, 0.3) is 0 Å². The van der Waals surface area contributed by atoms with Crippen molar-refractivity contribution in [1.29, 1.82) is 0 Å². The molecule has 1 aliphatic rings. The van der Waals surface area contributed by atoms with E-state index in [-0.39, 0.29) is 5.91 Å². The van der Waals surface area contributed by atoms with Crippen molar-refractivity contribution in [3.8, 4) is 0 Å². The first-order valence-electron chi connectivity index (χ1n) is 6.95. The van der Waals surface area contributed by atoms with Gasteiger partial charge in [0.15, 0.2) is 0 Å². The summed E-state index contributed by atoms with van der Waals surface area (Å²) in [5.74, 6) is 0.186. The quantitative estimate of drug-likeness (QED) is 0.895. The summed E-state index contributed by atoms with van der Waals surface area (Å²) < 4.78 is 0. The molecule has 1 N–H and O–H groups in total. The molecule has 4 heteroatoms. The predicted molar refractivity (Wildman–Crippen MR) is 78.3 cm³/mol. The number of anilines is 1. The van der Waals surface area contributed by atoms with Crippen molar-refractivity contribution in [2.45, 2.75) is 19.9 Å². The topological polar surface area (TPSA) is 35.6 Å². The molecule has 0 aromatic heterocycles. The Morgan fingerprint density at radius 3 is 2.74 bits per heavy atom. The number of para-hydroxylation sites is 1. The number of nitrogens with one attached hydrogen (secondary N) is 1. The molecule has 2 rings (SSSR count). The zero-order valence-electron chi connectivity index (χ0n) is 11.9. The molecule has 1 aromatic rings. The Hall–Kier alpha value is -1.55. The van der Waals surface area contributed by atoms with Crippen LogP contribution in [-0.4, -0.2) is 44.0 Å². The first kappa shape index (κ1) is 13.9. The zero-order chi connectivity index (χ0) is 13.7. The molecule has 1 aliphatic heterocycles. The number of nitrogens with zero attached hydrogens (tertiary/aromatic N) is 2. The first-order valence-corrected chi connectivity index (χ1v) is 6.95. The van der Waals surface area contributed by atoms with Crippen molar-refractivity contribution in [3.63, 3.8) is 0 Å². The molecule has 4 nitrogen and oxygen atoms in total. The van der Waals surface area contributed by atoms with Gasteiger partial charge in [-0.2, -0.15) is 0 Å². The highest BCUT2D eigenvalue weighted by Gasteiger charge is 2.18. The van der Waals surface area contributed by atoms with Crippen LogP contribution >= 0.6 is 0 Å². The van der Waals surface area contributed by atoms with E-state index in [2.05, 4.69) is 34.5 Å². The number of amides is 1. The van der Waals surface area contributed by atoms with Gasteiger partial charge in [-0.1, -0.05) is 18.2 Å². The monoisotopic (exact) mass is 261 g/mol. The van der Waals surface area contributed by atoms with Crippen molar-refractivity contribution in [2.75, 3.05) is 38.1 Å². The van der Waals surface area contributed by atoms with Crippen LogP contribution < -0.4 is 10.2 Å².